The summed E-state index contributed by atoms with van der Waals surface area (Å²) in [6.07, 6.45) is 1.17. The average Bonchev–Trinajstić information content (AvgIpc) is 3.18. The Balaban J connectivity index is 1.74. The number of hydrogen-bond acceptors (Lipinski definition) is 5. The van der Waals surface area contributed by atoms with Crippen molar-refractivity contribution in [2.24, 2.45) is 0 Å². The van der Waals surface area contributed by atoms with Gasteiger partial charge < -0.3 is 9.64 Å². The predicted octanol–water partition coefficient (Wildman–Crippen LogP) is 1.53. The van der Waals surface area contributed by atoms with Gasteiger partial charge in [-0.25, -0.2) is 13.2 Å². The standard InChI is InChI=1S/C13H18N2O4S2/c1-2-11-3-4-12(20-11)21(17,18)14-6-5-10(9-14)15-7-8-19-13(15)16/h3-4,10H,2,5-9H2,1H3. The third-order valence-electron chi connectivity index (χ3n) is 3.94. The first-order valence-electron chi connectivity index (χ1n) is 7.04. The van der Waals surface area contributed by atoms with Gasteiger partial charge >= 0.3 is 6.09 Å². The number of hydrogen-bond donors (Lipinski definition) is 0. The summed E-state index contributed by atoms with van der Waals surface area (Å²) >= 11 is 1.33. The summed E-state index contributed by atoms with van der Waals surface area (Å²) < 4.78 is 32.0. The fraction of sp³-hybridized carbons (Fsp3) is 0.615. The van der Waals surface area contributed by atoms with E-state index >= 15 is 0 Å². The quantitative estimate of drug-likeness (QED) is 0.839. The van der Waals surface area contributed by atoms with Crippen LogP contribution in [0.4, 0.5) is 4.79 Å². The van der Waals surface area contributed by atoms with E-state index in [1.807, 2.05) is 13.0 Å². The highest BCUT2D eigenvalue weighted by Crippen LogP contribution is 2.29. The highest BCUT2D eigenvalue weighted by atomic mass is 32.2. The molecule has 0 radical (unpaired) electrons. The molecular weight excluding hydrogens is 312 g/mol. The lowest BCUT2D eigenvalue weighted by molar-refractivity contribution is 0.149. The van der Waals surface area contributed by atoms with E-state index in [9.17, 15) is 13.2 Å². The van der Waals surface area contributed by atoms with Gasteiger partial charge in [-0.15, -0.1) is 11.3 Å². The van der Waals surface area contributed by atoms with Crippen LogP contribution in [0.3, 0.4) is 0 Å². The van der Waals surface area contributed by atoms with E-state index in [4.69, 9.17) is 4.74 Å². The lowest BCUT2D eigenvalue weighted by atomic mass is 10.2. The number of rotatable bonds is 4. The van der Waals surface area contributed by atoms with Gasteiger partial charge in [0.15, 0.2) is 0 Å². The summed E-state index contributed by atoms with van der Waals surface area (Å²) in [7, 11) is -3.43. The number of cyclic esters (lactones) is 1. The van der Waals surface area contributed by atoms with Crippen molar-refractivity contribution in [3.8, 4) is 0 Å². The van der Waals surface area contributed by atoms with Gasteiger partial charge in [0.2, 0.25) is 0 Å². The van der Waals surface area contributed by atoms with Gasteiger partial charge in [-0.05, 0) is 25.0 Å². The minimum atomic E-state index is -3.43. The smallest absolute Gasteiger partial charge is 0.410 e. The third kappa shape index (κ3) is 2.67. The topological polar surface area (TPSA) is 66.9 Å². The molecule has 3 rings (SSSR count). The van der Waals surface area contributed by atoms with Crippen LogP contribution >= 0.6 is 11.3 Å². The van der Waals surface area contributed by atoms with Gasteiger partial charge in [-0.3, -0.25) is 0 Å². The number of aryl methyl sites for hydroxylation is 1. The monoisotopic (exact) mass is 330 g/mol. The second kappa shape index (κ2) is 5.58. The van der Waals surface area contributed by atoms with Crippen molar-refractivity contribution in [2.45, 2.75) is 30.0 Å². The van der Waals surface area contributed by atoms with Crippen molar-refractivity contribution in [1.82, 2.24) is 9.21 Å². The highest BCUT2D eigenvalue weighted by molar-refractivity contribution is 7.91. The Morgan fingerprint density at radius 1 is 1.38 bits per heavy atom. The van der Waals surface area contributed by atoms with Crippen LogP contribution in [-0.4, -0.2) is 56.0 Å². The van der Waals surface area contributed by atoms with E-state index in [0.29, 0.717) is 36.9 Å². The molecule has 0 aliphatic carbocycles. The lowest BCUT2D eigenvalue weighted by Crippen LogP contribution is -2.39. The Morgan fingerprint density at radius 3 is 2.81 bits per heavy atom. The van der Waals surface area contributed by atoms with Crippen LogP contribution in [0.25, 0.3) is 0 Å². The second-order valence-corrected chi connectivity index (χ2v) is 8.52. The van der Waals surface area contributed by atoms with Gasteiger partial charge in [-0.1, -0.05) is 6.92 Å². The van der Waals surface area contributed by atoms with Crippen molar-refractivity contribution in [1.29, 1.82) is 0 Å². The molecule has 0 bridgehead atoms. The zero-order chi connectivity index (χ0) is 15.0. The fourth-order valence-corrected chi connectivity index (χ4v) is 5.68. The molecule has 21 heavy (non-hydrogen) atoms. The normalized spacial score (nSPS) is 23.8. The number of amides is 1. The molecule has 1 unspecified atom stereocenters. The number of carbonyl (C=O) groups is 1. The minimum absolute atomic E-state index is 0.0691. The zero-order valence-electron chi connectivity index (χ0n) is 11.8. The second-order valence-electron chi connectivity index (χ2n) is 5.19. The SMILES string of the molecule is CCc1ccc(S(=O)(=O)N2CCC(N3CCOC3=O)C2)s1. The van der Waals surface area contributed by atoms with Gasteiger partial charge in [0.1, 0.15) is 10.8 Å². The van der Waals surface area contributed by atoms with Crippen LogP contribution in [0.1, 0.15) is 18.2 Å². The molecule has 116 valence electrons. The molecule has 0 N–H and O–H groups in total. The Bertz CT molecular complexity index is 640. The first kappa shape index (κ1) is 14.8. The van der Waals surface area contributed by atoms with E-state index in [0.717, 1.165) is 11.3 Å². The summed E-state index contributed by atoms with van der Waals surface area (Å²) in [6, 6.07) is 3.47. The van der Waals surface area contributed by atoms with Crippen LogP contribution in [0.5, 0.6) is 0 Å². The molecule has 1 atom stereocenters. The molecule has 0 saturated carbocycles. The molecule has 1 aromatic rings. The number of sulfonamides is 1. The summed E-state index contributed by atoms with van der Waals surface area (Å²) in [5, 5.41) is 0. The highest BCUT2D eigenvalue weighted by Gasteiger charge is 2.39. The van der Waals surface area contributed by atoms with Crippen LogP contribution < -0.4 is 0 Å². The molecular formula is C13H18N2O4S2. The Labute approximate surface area is 128 Å². The van der Waals surface area contributed by atoms with Crippen molar-refractivity contribution in [3.05, 3.63) is 17.0 Å². The van der Waals surface area contributed by atoms with Gasteiger partial charge in [-0.2, -0.15) is 4.31 Å². The molecule has 8 heteroatoms. The Hall–Kier alpha value is -1.12. The van der Waals surface area contributed by atoms with E-state index in [1.54, 1.807) is 11.0 Å². The number of carbonyl (C=O) groups excluding carboxylic acids is 1. The zero-order valence-corrected chi connectivity index (χ0v) is 13.5. The summed E-state index contributed by atoms with van der Waals surface area (Å²) in [5.41, 5.74) is 0. The van der Waals surface area contributed by atoms with E-state index in [1.165, 1.54) is 15.6 Å². The average molecular weight is 330 g/mol. The first-order valence-corrected chi connectivity index (χ1v) is 9.30. The molecule has 3 heterocycles. The van der Waals surface area contributed by atoms with Crippen molar-refractivity contribution in [2.75, 3.05) is 26.2 Å². The van der Waals surface area contributed by atoms with Crippen molar-refractivity contribution < 1.29 is 17.9 Å². The van der Waals surface area contributed by atoms with E-state index in [-0.39, 0.29) is 12.1 Å². The van der Waals surface area contributed by atoms with Crippen LogP contribution in [-0.2, 0) is 21.2 Å². The van der Waals surface area contributed by atoms with E-state index < -0.39 is 10.0 Å². The maximum absolute atomic E-state index is 12.6. The van der Waals surface area contributed by atoms with Crippen molar-refractivity contribution >= 4 is 27.5 Å². The first-order chi connectivity index (χ1) is 10.0. The minimum Gasteiger partial charge on any atom is -0.448 e. The summed E-state index contributed by atoms with van der Waals surface area (Å²) in [6.45, 7) is 3.77. The largest absolute Gasteiger partial charge is 0.448 e. The molecule has 1 aromatic heterocycles. The van der Waals surface area contributed by atoms with Gasteiger partial charge in [0.05, 0.1) is 12.6 Å². The molecule has 2 aliphatic heterocycles. The van der Waals surface area contributed by atoms with Crippen molar-refractivity contribution in [3.63, 3.8) is 0 Å². The number of thiophene rings is 1. The predicted molar refractivity (Wildman–Crippen MR) is 78.9 cm³/mol. The van der Waals surface area contributed by atoms with E-state index in [2.05, 4.69) is 0 Å². The molecule has 2 fully saturated rings. The number of nitrogens with zero attached hydrogens (tertiary/aromatic N) is 2. The van der Waals surface area contributed by atoms with Gasteiger partial charge in [0.25, 0.3) is 10.0 Å². The Morgan fingerprint density at radius 2 is 2.19 bits per heavy atom. The molecule has 2 aliphatic rings. The third-order valence-corrected chi connectivity index (χ3v) is 7.50. The molecule has 1 amide bonds. The lowest BCUT2D eigenvalue weighted by Gasteiger charge is -2.21. The molecule has 0 aromatic carbocycles. The summed E-state index contributed by atoms with van der Waals surface area (Å²) in [4.78, 5) is 14.3. The maximum atomic E-state index is 12.6. The molecule has 0 spiro atoms. The molecule has 2 saturated heterocycles. The van der Waals surface area contributed by atoms with Gasteiger partial charge in [0, 0.05) is 18.0 Å². The van der Waals surface area contributed by atoms with Crippen LogP contribution in [0.2, 0.25) is 0 Å². The molecule has 6 nitrogen and oxygen atoms in total. The summed E-state index contributed by atoms with van der Waals surface area (Å²) in [5.74, 6) is 0. The fourth-order valence-electron chi connectivity index (χ4n) is 2.73. The Kier molecular flexibility index (Phi) is 3.94. The maximum Gasteiger partial charge on any atom is 0.410 e. The van der Waals surface area contributed by atoms with Crippen LogP contribution in [0.15, 0.2) is 16.3 Å². The number of ether oxygens (including phenoxy) is 1. The van der Waals surface area contributed by atoms with Crippen LogP contribution in [0, 0.1) is 0 Å².